The van der Waals surface area contributed by atoms with Crippen LogP contribution in [0.15, 0.2) is 36.7 Å². The van der Waals surface area contributed by atoms with E-state index in [1.165, 1.54) is 5.69 Å². The molecule has 72 valence electrons. The molecule has 2 aromatic rings. The maximum atomic E-state index is 4.26. The second-order valence-electron chi connectivity index (χ2n) is 3.51. The quantitative estimate of drug-likeness (QED) is 0.722. The third-order valence-electron chi connectivity index (χ3n) is 2.13. The molecule has 0 spiro atoms. The van der Waals surface area contributed by atoms with Gasteiger partial charge in [0.15, 0.2) is 5.82 Å². The Hall–Kier alpha value is -1.64. The molecule has 0 N–H and O–H groups in total. The van der Waals surface area contributed by atoms with Crippen LogP contribution >= 0.6 is 0 Å². The summed E-state index contributed by atoms with van der Waals surface area (Å²) < 4.78 is 1.88. The fourth-order valence-corrected chi connectivity index (χ4v) is 1.42. The molecule has 2 rings (SSSR count). The van der Waals surface area contributed by atoms with Crippen LogP contribution in [0, 0.1) is 0 Å². The monoisotopic (exact) mass is 187 g/mol. The first kappa shape index (κ1) is 8.94. The molecule has 0 aliphatic heterocycles. The van der Waals surface area contributed by atoms with Gasteiger partial charge >= 0.3 is 0 Å². The highest BCUT2D eigenvalue weighted by atomic mass is 15.3. The molecule has 2 heterocycles. The van der Waals surface area contributed by atoms with Crippen LogP contribution in [0.1, 0.15) is 25.5 Å². The van der Waals surface area contributed by atoms with Crippen molar-refractivity contribution in [3.05, 3.63) is 42.4 Å². The first-order valence-electron chi connectivity index (χ1n) is 4.74. The van der Waals surface area contributed by atoms with Crippen LogP contribution in [0.4, 0.5) is 0 Å². The van der Waals surface area contributed by atoms with Crippen molar-refractivity contribution >= 4 is 0 Å². The number of hydrogen-bond donors (Lipinski definition) is 0. The van der Waals surface area contributed by atoms with Crippen molar-refractivity contribution in [2.24, 2.45) is 0 Å². The summed E-state index contributed by atoms with van der Waals surface area (Å²) in [5.41, 5.74) is 1.18. The fourth-order valence-electron chi connectivity index (χ4n) is 1.42. The number of aromatic nitrogens is 3. The highest BCUT2D eigenvalue weighted by molar-refractivity contribution is 5.24. The van der Waals surface area contributed by atoms with Gasteiger partial charge in [0.2, 0.25) is 0 Å². The Labute approximate surface area is 83.4 Å². The summed E-state index contributed by atoms with van der Waals surface area (Å²) in [5.74, 6) is 1.33. The average molecular weight is 187 g/mol. The van der Waals surface area contributed by atoms with Gasteiger partial charge in [-0.05, 0) is 24.1 Å². The lowest BCUT2D eigenvalue weighted by Crippen LogP contribution is -2.04. The predicted molar refractivity (Wildman–Crippen MR) is 55.4 cm³/mol. The summed E-state index contributed by atoms with van der Waals surface area (Å²) in [4.78, 5) is 4.26. The van der Waals surface area contributed by atoms with Gasteiger partial charge in [-0.25, -0.2) is 9.67 Å². The van der Waals surface area contributed by atoms with Gasteiger partial charge in [0, 0.05) is 18.1 Å². The first-order chi connectivity index (χ1) is 6.79. The summed E-state index contributed by atoms with van der Waals surface area (Å²) in [7, 11) is 0. The van der Waals surface area contributed by atoms with Crippen molar-refractivity contribution in [2.75, 3.05) is 0 Å². The number of rotatable bonds is 2. The van der Waals surface area contributed by atoms with E-state index in [-0.39, 0.29) is 0 Å². The zero-order valence-corrected chi connectivity index (χ0v) is 8.38. The first-order valence-corrected chi connectivity index (χ1v) is 4.74. The second-order valence-corrected chi connectivity index (χ2v) is 3.51. The molecule has 0 aliphatic carbocycles. The van der Waals surface area contributed by atoms with Gasteiger partial charge in [0.1, 0.15) is 0 Å². The Balaban J connectivity index is 2.47. The van der Waals surface area contributed by atoms with E-state index in [2.05, 4.69) is 23.9 Å². The summed E-state index contributed by atoms with van der Waals surface area (Å²) in [6, 6.07) is 7.86. The van der Waals surface area contributed by atoms with Crippen molar-refractivity contribution in [3.8, 4) is 5.82 Å². The number of pyridine rings is 1. The molecule has 2 aromatic heterocycles. The van der Waals surface area contributed by atoms with Crippen LogP contribution in [-0.4, -0.2) is 14.8 Å². The molecular formula is C11H13N3. The van der Waals surface area contributed by atoms with Crippen LogP contribution in [0.3, 0.4) is 0 Å². The molecule has 0 radical (unpaired) electrons. The van der Waals surface area contributed by atoms with Gasteiger partial charge in [-0.2, -0.15) is 5.10 Å². The smallest absolute Gasteiger partial charge is 0.153 e. The molecule has 14 heavy (non-hydrogen) atoms. The third kappa shape index (κ3) is 1.53. The highest BCUT2D eigenvalue weighted by Crippen LogP contribution is 2.16. The third-order valence-corrected chi connectivity index (χ3v) is 2.13. The maximum Gasteiger partial charge on any atom is 0.153 e. The maximum absolute atomic E-state index is 4.26. The lowest BCUT2D eigenvalue weighted by molar-refractivity contribution is 0.721. The molecule has 0 bridgehead atoms. The van der Waals surface area contributed by atoms with E-state index in [0.29, 0.717) is 5.92 Å². The Morgan fingerprint density at radius 3 is 2.64 bits per heavy atom. The van der Waals surface area contributed by atoms with Crippen molar-refractivity contribution < 1.29 is 0 Å². The molecule has 0 aliphatic rings. The van der Waals surface area contributed by atoms with E-state index in [1.807, 2.05) is 35.1 Å². The van der Waals surface area contributed by atoms with Crippen LogP contribution in [0.2, 0.25) is 0 Å². The van der Waals surface area contributed by atoms with Gasteiger partial charge in [-0.15, -0.1) is 0 Å². The SMILES string of the molecule is CC(C)c1ccnn1-c1ccccn1. The van der Waals surface area contributed by atoms with Crippen molar-refractivity contribution in [1.82, 2.24) is 14.8 Å². The van der Waals surface area contributed by atoms with E-state index in [4.69, 9.17) is 0 Å². The van der Waals surface area contributed by atoms with Gasteiger partial charge < -0.3 is 0 Å². The minimum Gasteiger partial charge on any atom is -0.237 e. The summed E-state index contributed by atoms with van der Waals surface area (Å²) in [6.45, 7) is 4.30. The Kier molecular flexibility index (Phi) is 2.31. The van der Waals surface area contributed by atoms with Gasteiger partial charge in [-0.1, -0.05) is 19.9 Å². The van der Waals surface area contributed by atoms with Crippen LogP contribution in [-0.2, 0) is 0 Å². The van der Waals surface area contributed by atoms with E-state index >= 15 is 0 Å². The standard InChI is InChI=1S/C11H13N3/c1-9(2)10-6-8-13-14(10)11-5-3-4-7-12-11/h3-9H,1-2H3. The van der Waals surface area contributed by atoms with E-state index < -0.39 is 0 Å². The fraction of sp³-hybridized carbons (Fsp3) is 0.273. The molecular weight excluding hydrogens is 174 g/mol. The summed E-state index contributed by atoms with van der Waals surface area (Å²) in [6.07, 6.45) is 3.59. The zero-order valence-electron chi connectivity index (χ0n) is 8.38. The van der Waals surface area contributed by atoms with Crippen molar-refractivity contribution in [2.45, 2.75) is 19.8 Å². The second kappa shape index (κ2) is 3.62. The number of hydrogen-bond acceptors (Lipinski definition) is 2. The Bertz CT molecular complexity index is 403. The molecule has 0 saturated carbocycles. The van der Waals surface area contributed by atoms with Crippen molar-refractivity contribution in [3.63, 3.8) is 0 Å². The molecule has 3 nitrogen and oxygen atoms in total. The number of nitrogens with zero attached hydrogens (tertiary/aromatic N) is 3. The molecule has 0 fully saturated rings. The minimum atomic E-state index is 0.458. The van der Waals surface area contributed by atoms with Gasteiger partial charge in [-0.3, -0.25) is 0 Å². The van der Waals surface area contributed by atoms with E-state index in [0.717, 1.165) is 5.82 Å². The topological polar surface area (TPSA) is 30.7 Å². The van der Waals surface area contributed by atoms with Crippen LogP contribution in [0.5, 0.6) is 0 Å². The highest BCUT2D eigenvalue weighted by Gasteiger charge is 2.08. The lowest BCUT2D eigenvalue weighted by Gasteiger charge is -2.08. The summed E-state index contributed by atoms with van der Waals surface area (Å²) >= 11 is 0. The van der Waals surface area contributed by atoms with Crippen LogP contribution < -0.4 is 0 Å². The molecule has 0 atom stereocenters. The Morgan fingerprint density at radius 2 is 2.00 bits per heavy atom. The van der Waals surface area contributed by atoms with Gasteiger partial charge in [0.05, 0.1) is 0 Å². The molecule has 3 heteroatoms. The van der Waals surface area contributed by atoms with Crippen molar-refractivity contribution in [1.29, 1.82) is 0 Å². The molecule has 0 amide bonds. The Morgan fingerprint density at radius 1 is 1.14 bits per heavy atom. The normalized spacial score (nSPS) is 10.8. The molecule has 0 unspecified atom stereocenters. The largest absolute Gasteiger partial charge is 0.237 e. The molecule has 0 aromatic carbocycles. The molecule has 0 saturated heterocycles. The summed E-state index contributed by atoms with van der Waals surface area (Å²) in [5, 5.41) is 4.26. The van der Waals surface area contributed by atoms with Crippen LogP contribution in [0.25, 0.3) is 5.82 Å². The predicted octanol–water partition coefficient (Wildman–Crippen LogP) is 2.39. The van der Waals surface area contributed by atoms with E-state index in [1.54, 1.807) is 6.20 Å². The minimum absolute atomic E-state index is 0.458. The zero-order chi connectivity index (χ0) is 9.97. The van der Waals surface area contributed by atoms with E-state index in [9.17, 15) is 0 Å². The van der Waals surface area contributed by atoms with Gasteiger partial charge in [0.25, 0.3) is 0 Å². The average Bonchev–Trinajstić information content (AvgIpc) is 2.67. The lowest BCUT2D eigenvalue weighted by atomic mass is 10.1.